The zero-order chi connectivity index (χ0) is 13.9. The van der Waals surface area contributed by atoms with E-state index >= 15 is 0 Å². The van der Waals surface area contributed by atoms with Crippen LogP contribution < -0.4 is 5.32 Å². The Bertz CT molecular complexity index is 240. The summed E-state index contributed by atoms with van der Waals surface area (Å²) in [7, 11) is 0. The maximum atomic E-state index is 3.75. The van der Waals surface area contributed by atoms with Gasteiger partial charge in [-0.15, -0.1) is 0 Å². The maximum absolute atomic E-state index is 3.75. The molecule has 0 spiro atoms. The first-order valence-corrected chi connectivity index (χ1v) is 7.69. The molecule has 0 bridgehead atoms. The Kier molecular flexibility index (Phi) is 5.67. The van der Waals surface area contributed by atoms with Crippen LogP contribution in [0.4, 0.5) is 0 Å². The average molecular weight is 254 g/mol. The van der Waals surface area contributed by atoms with E-state index in [1.807, 2.05) is 0 Å². The van der Waals surface area contributed by atoms with E-state index in [2.05, 4.69) is 58.7 Å². The standard InChI is InChI=1S/C16H34N2/c1-12(2)8-9-18-11-14(13(3)4)17-10-15(18)16(5,6)7/h12-15,17H,8-11H2,1-7H3. The van der Waals surface area contributed by atoms with Crippen LogP contribution in [0.2, 0.25) is 0 Å². The second-order valence-corrected chi connectivity index (χ2v) is 7.82. The van der Waals surface area contributed by atoms with Gasteiger partial charge in [0.2, 0.25) is 0 Å². The fourth-order valence-electron chi connectivity index (χ4n) is 2.81. The maximum Gasteiger partial charge on any atom is 0.0269 e. The molecule has 2 heteroatoms. The van der Waals surface area contributed by atoms with Crippen LogP contribution >= 0.6 is 0 Å². The van der Waals surface area contributed by atoms with Crippen molar-refractivity contribution in [2.75, 3.05) is 19.6 Å². The lowest BCUT2D eigenvalue weighted by Gasteiger charge is -2.47. The summed E-state index contributed by atoms with van der Waals surface area (Å²) in [4.78, 5) is 2.74. The van der Waals surface area contributed by atoms with E-state index in [1.54, 1.807) is 0 Å². The molecule has 0 aromatic rings. The molecule has 18 heavy (non-hydrogen) atoms. The van der Waals surface area contributed by atoms with Gasteiger partial charge in [-0.2, -0.15) is 0 Å². The number of nitrogens with one attached hydrogen (secondary N) is 1. The lowest BCUT2D eigenvalue weighted by Crippen LogP contribution is -2.61. The molecule has 1 aliphatic heterocycles. The minimum Gasteiger partial charge on any atom is -0.311 e. The lowest BCUT2D eigenvalue weighted by molar-refractivity contribution is 0.0429. The van der Waals surface area contributed by atoms with Gasteiger partial charge in [-0.05, 0) is 30.2 Å². The highest BCUT2D eigenvalue weighted by Gasteiger charge is 2.35. The average Bonchev–Trinajstić information content (AvgIpc) is 2.24. The molecule has 0 amide bonds. The van der Waals surface area contributed by atoms with E-state index in [0.29, 0.717) is 17.5 Å². The summed E-state index contributed by atoms with van der Waals surface area (Å²) in [5.41, 5.74) is 0.367. The largest absolute Gasteiger partial charge is 0.311 e. The monoisotopic (exact) mass is 254 g/mol. The Morgan fingerprint density at radius 2 is 1.78 bits per heavy atom. The summed E-state index contributed by atoms with van der Waals surface area (Å²) in [6, 6.07) is 1.34. The van der Waals surface area contributed by atoms with Crippen LogP contribution in [0.15, 0.2) is 0 Å². The van der Waals surface area contributed by atoms with Gasteiger partial charge in [0.15, 0.2) is 0 Å². The summed E-state index contributed by atoms with van der Waals surface area (Å²) in [5.74, 6) is 1.53. The number of hydrogen-bond donors (Lipinski definition) is 1. The first-order valence-electron chi connectivity index (χ1n) is 7.69. The van der Waals surface area contributed by atoms with Crippen LogP contribution in [0, 0.1) is 17.3 Å². The Balaban J connectivity index is 2.67. The van der Waals surface area contributed by atoms with Gasteiger partial charge in [-0.25, -0.2) is 0 Å². The number of rotatable bonds is 4. The smallest absolute Gasteiger partial charge is 0.0269 e. The van der Waals surface area contributed by atoms with E-state index in [0.717, 1.165) is 18.4 Å². The second-order valence-electron chi connectivity index (χ2n) is 7.82. The molecule has 1 fully saturated rings. The Hall–Kier alpha value is -0.0800. The highest BCUT2D eigenvalue weighted by Crippen LogP contribution is 2.28. The van der Waals surface area contributed by atoms with Crippen molar-refractivity contribution in [3.05, 3.63) is 0 Å². The third kappa shape index (κ3) is 4.55. The fourth-order valence-corrected chi connectivity index (χ4v) is 2.81. The minimum absolute atomic E-state index is 0.367. The first-order chi connectivity index (χ1) is 8.21. The second kappa shape index (κ2) is 6.38. The van der Waals surface area contributed by atoms with Crippen molar-refractivity contribution in [1.82, 2.24) is 10.2 Å². The van der Waals surface area contributed by atoms with Gasteiger partial charge in [0.05, 0.1) is 0 Å². The van der Waals surface area contributed by atoms with E-state index < -0.39 is 0 Å². The fraction of sp³-hybridized carbons (Fsp3) is 1.00. The van der Waals surface area contributed by atoms with Crippen molar-refractivity contribution in [2.24, 2.45) is 17.3 Å². The summed E-state index contributed by atoms with van der Waals surface area (Å²) < 4.78 is 0. The molecular formula is C16H34N2. The Labute approximate surface area is 115 Å². The van der Waals surface area contributed by atoms with Crippen molar-refractivity contribution < 1.29 is 0 Å². The molecule has 0 radical (unpaired) electrons. The molecule has 1 heterocycles. The molecule has 0 saturated carbocycles. The van der Waals surface area contributed by atoms with Gasteiger partial charge in [0, 0.05) is 25.2 Å². The van der Waals surface area contributed by atoms with E-state index in [4.69, 9.17) is 0 Å². The Morgan fingerprint density at radius 1 is 1.17 bits per heavy atom. The molecule has 2 nitrogen and oxygen atoms in total. The molecule has 2 unspecified atom stereocenters. The molecule has 1 N–H and O–H groups in total. The van der Waals surface area contributed by atoms with Crippen LogP contribution in [0.3, 0.4) is 0 Å². The topological polar surface area (TPSA) is 15.3 Å². The van der Waals surface area contributed by atoms with Crippen LogP contribution in [-0.2, 0) is 0 Å². The van der Waals surface area contributed by atoms with Crippen molar-refractivity contribution in [3.8, 4) is 0 Å². The molecule has 0 aliphatic carbocycles. The van der Waals surface area contributed by atoms with Crippen molar-refractivity contribution in [3.63, 3.8) is 0 Å². The zero-order valence-electron chi connectivity index (χ0n) is 13.6. The lowest BCUT2D eigenvalue weighted by atomic mass is 9.82. The SMILES string of the molecule is CC(C)CCN1CC(C(C)C)NCC1C(C)(C)C. The van der Waals surface area contributed by atoms with Crippen molar-refractivity contribution in [2.45, 2.75) is 67.0 Å². The molecule has 0 aromatic heterocycles. The van der Waals surface area contributed by atoms with E-state index in [1.165, 1.54) is 19.5 Å². The predicted octanol–water partition coefficient (Wildman–Crippen LogP) is 3.38. The van der Waals surface area contributed by atoms with Gasteiger partial charge >= 0.3 is 0 Å². The quantitative estimate of drug-likeness (QED) is 0.827. The van der Waals surface area contributed by atoms with Gasteiger partial charge in [-0.1, -0.05) is 48.5 Å². The molecule has 1 rings (SSSR count). The number of nitrogens with zero attached hydrogens (tertiary/aromatic N) is 1. The Morgan fingerprint density at radius 3 is 2.22 bits per heavy atom. The highest BCUT2D eigenvalue weighted by molar-refractivity contribution is 4.93. The number of piperazine rings is 1. The van der Waals surface area contributed by atoms with Gasteiger partial charge < -0.3 is 5.32 Å². The van der Waals surface area contributed by atoms with Crippen LogP contribution in [0.1, 0.15) is 54.9 Å². The molecule has 0 aromatic carbocycles. The number of hydrogen-bond acceptors (Lipinski definition) is 2. The summed E-state index contributed by atoms with van der Waals surface area (Å²) in [6.07, 6.45) is 1.32. The molecule has 1 saturated heterocycles. The van der Waals surface area contributed by atoms with Crippen LogP contribution in [0.25, 0.3) is 0 Å². The molecule has 2 atom stereocenters. The highest BCUT2D eigenvalue weighted by atomic mass is 15.2. The molecule has 108 valence electrons. The van der Waals surface area contributed by atoms with Gasteiger partial charge in [-0.3, -0.25) is 4.90 Å². The van der Waals surface area contributed by atoms with Gasteiger partial charge in [0.25, 0.3) is 0 Å². The summed E-state index contributed by atoms with van der Waals surface area (Å²) in [5, 5.41) is 3.75. The minimum atomic E-state index is 0.367. The predicted molar refractivity (Wildman–Crippen MR) is 80.9 cm³/mol. The summed E-state index contributed by atoms with van der Waals surface area (Å²) >= 11 is 0. The van der Waals surface area contributed by atoms with Crippen molar-refractivity contribution in [1.29, 1.82) is 0 Å². The molecular weight excluding hydrogens is 220 g/mol. The van der Waals surface area contributed by atoms with E-state index in [9.17, 15) is 0 Å². The van der Waals surface area contributed by atoms with Crippen LogP contribution in [0.5, 0.6) is 0 Å². The van der Waals surface area contributed by atoms with E-state index in [-0.39, 0.29) is 0 Å². The van der Waals surface area contributed by atoms with Crippen molar-refractivity contribution >= 4 is 0 Å². The van der Waals surface area contributed by atoms with Gasteiger partial charge in [0.1, 0.15) is 0 Å². The summed E-state index contributed by atoms with van der Waals surface area (Å²) in [6.45, 7) is 20.0. The first kappa shape index (κ1) is 16.0. The van der Waals surface area contributed by atoms with Crippen LogP contribution in [-0.4, -0.2) is 36.6 Å². The normalized spacial score (nSPS) is 27.2. The molecule has 1 aliphatic rings. The zero-order valence-corrected chi connectivity index (χ0v) is 13.6. The third-order valence-electron chi connectivity index (χ3n) is 4.24. The third-order valence-corrected chi connectivity index (χ3v) is 4.24.